The van der Waals surface area contributed by atoms with E-state index in [0.717, 1.165) is 0 Å². The molecule has 80 heavy (non-hydrogen) atoms. The quantitative estimate of drug-likeness (QED) is 0.208. The van der Waals surface area contributed by atoms with Gasteiger partial charge >= 0.3 is 171 Å². The normalized spacial score (nSPS) is 31.5. The van der Waals surface area contributed by atoms with Gasteiger partial charge in [0.2, 0.25) is 0 Å². The Morgan fingerprint density at radius 2 is 0.100 bits per heavy atom. The topological polar surface area (TPSA) is 185 Å². The minimum absolute atomic E-state index is 2.05. The lowest BCUT2D eigenvalue weighted by atomic mass is 11.9. The lowest BCUT2D eigenvalue weighted by molar-refractivity contribution is 0.249. The fraction of sp³-hybridized carbons (Fsp3) is 1.00. The van der Waals surface area contributed by atoms with Crippen LogP contribution in [-0.2, 0) is 82.3 Å². The highest BCUT2D eigenvalue weighted by Crippen LogP contribution is 2.35. The Morgan fingerprint density at radius 1 is 0.0750 bits per heavy atom. The van der Waals surface area contributed by atoms with Crippen molar-refractivity contribution < 1.29 is 82.3 Å². The first kappa shape index (κ1) is 81.5. The first-order valence-electron chi connectivity index (χ1n) is 28.2. The summed E-state index contributed by atoms with van der Waals surface area (Å²) in [6, 6.07) is 0. The number of hydrogen-bond acceptors (Lipinski definition) is 20. The van der Waals surface area contributed by atoms with E-state index in [1.165, 1.54) is 0 Å². The molecule has 0 saturated carbocycles. The molecule has 1 heterocycles. The summed E-state index contributed by atoms with van der Waals surface area (Å²) in [5.41, 5.74) is 0. The standard InChI is InChI=1S/C40H120O20Si20/c1-61(2)41-62(3,4)43-64(7,8)45-66(11,12)47-68(15,16)49-70(19,20)51-72(23,24)53-74(27,28)55-76(31,32)57-78(35,36)59-80(39,40)60-79(37,38)58-77(33,34)56-75(29,30)54-73(25,26)52-71(21,22)50-69(17,18)48-67(13,14)46-65(9,10)44-63(5,6)42-61/h1-40H3. The lowest BCUT2D eigenvalue weighted by Gasteiger charge is -2.45. The van der Waals surface area contributed by atoms with Crippen LogP contribution < -0.4 is 0 Å². The van der Waals surface area contributed by atoms with E-state index in [9.17, 15) is 0 Å². The van der Waals surface area contributed by atoms with Crippen molar-refractivity contribution in [3.8, 4) is 0 Å². The van der Waals surface area contributed by atoms with E-state index in [1.807, 2.05) is 0 Å². The van der Waals surface area contributed by atoms with Gasteiger partial charge in [-0.15, -0.1) is 0 Å². The Balaban J connectivity index is 3.73. The van der Waals surface area contributed by atoms with Crippen LogP contribution in [0.15, 0.2) is 0 Å². The molecule has 40 heteroatoms. The molecule has 1 saturated heterocycles. The fourth-order valence-electron chi connectivity index (χ4n) is 12.3. The van der Waals surface area contributed by atoms with Gasteiger partial charge in [0.05, 0.1) is 0 Å². The summed E-state index contributed by atoms with van der Waals surface area (Å²) >= 11 is 0. The third-order valence-corrected chi connectivity index (χ3v) is 88.5. The molecule has 1 rings (SSSR count). The number of rotatable bonds is 0. The molecule has 0 aromatic heterocycles. The molecule has 0 unspecified atom stereocenters. The fourth-order valence-corrected chi connectivity index (χ4v) is 118. The smallest absolute Gasteiger partial charge is 0.314 e. The van der Waals surface area contributed by atoms with Crippen LogP contribution in [0.25, 0.3) is 0 Å². The van der Waals surface area contributed by atoms with E-state index in [4.69, 9.17) is 82.3 Å². The largest absolute Gasteiger partial charge is 0.416 e. The molecular formula is C40H120O20Si20. The highest BCUT2D eigenvalue weighted by atomic mass is 28.6. The third-order valence-electron chi connectivity index (χ3n) is 9.83. The maximum Gasteiger partial charge on any atom is 0.314 e. The molecule has 0 aromatic rings. The van der Waals surface area contributed by atoms with Crippen LogP contribution in [0, 0.1) is 0 Å². The van der Waals surface area contributed by atoms with Gasteiger partial charge in [-0.2, -0.15) is 0 Å². The summed E-state index contributed by atoms with van der Waals surface area (Å²) in [7, 11) is -57.1. The van der Waals surface area contributed by atoms with Crippen molar-refractivity contribution in [3.05, 3.63) is 0 Å². The van der Waals surface area contributed by atoms with E-state index < -0.39 is 171 Å². The zero-order valence-electron chi connectivity index (χ0n) is 58.2. The van der Waals surface area contributed by atoms with Crippen molar-refractivity contribution in [1.82, 2.24) is 0 Å². The second-order valence-corrected chi connectivity index (χ2v) is 102. The molecule has 20 nitrogen and oxygen atoms in total. The molecule has 1 aliphatic heterocycles. The van der Waals surface area contributed by atoms with Crippen molar-refractivity contribution >= 4 is 171 Å². The van der Waals surface area contributed by atoms with Gasteiger partial charge in [0.1, 0.15) is 0 Å². The minimum atomic E-state index is -2.86. The predicted molar refractivity (Wildman–Crippen MR) is 371 cm³/mol. The van der Waals surface area contributed by atoms with Gasteiger partial charge in [0.15, 0.2) is 0 Å². The molecule has 0 aliphatic carbocycles. The minimum Gasteiger partial charge on any atom is -0.416 e. The molecule has 480 valence electrons. The number of hydrogen-bond donors (Lipinski definition) is 0. The predicted octanol–water partition coefficient (Wildman–Crippen LogP) is 14.4. The summed E-state index contributed by atoms with van der Waals surface area (Å²) in [6.07, 6.45) is 0. The summed E-state index contributed by atoms with van der Waals surface area (Å²) in [6.45, 7) is 82.2. The van der Waals surface area contributed by atoms with Crippen LogP contribution in [-0.4, -0.2) is 171 Å². The van der Waals surface area contributed by atoms with Crippen LogP contribution in [0.4, 0.5) is 0 Å². The van der Waals surface area contributed by atoms with E-state index in [0.29, 0.717) is 0 Å². The Hall–Kier alpha value is 3.54. The zero-order chi connectivity index (χ0) is 64.1. The summed E-state index contributed by atoms with van der Waals surface area (Å²) in [4.78, 5) is 0. The second-order valence-electron chi connectivity index (χ2n) is 30.0. The Bertz CT molecular complexity index is 1350. The van der Waals surface area contributed by atoms with Gasteiger partial charge in [-0.1, -0.05) is 0 Å². The van der Waals surface area contributed by atoms with E-state index in [-0.39, 0.29) is 0 Å². The molecule has 0 spiro atoms. The monoisotopic (exact) mass is 1480 g/mol. The van der Waals surface area contributed by atoms with Gasteiger partial charge in [-0.3, -0.25) is 0 Å². The summed E-state index contributed by atoms with van der Waals surface area (Å²) < 4.78 is 139. The summed E-state index contributed by atoms with van der Waals surface area (Å²) in [5.74, 6) is 0. The highest BCUT2D eigenvalue weighted by Gasteiger charge is 2.55. The van der Waals surface area contributed by atoms with Crippen molar-refractivity contribution in [1.29, 1.82) is 0 Å². The lowest BCUT2D eigenvalue weighted by Crippen LogP contribution is -2.63. The van der Waals surface area contributed by atoms with Gasteiger partial charge in [0.25, 0.3) is 0 Å². The average Bonchev–Trinajstić information content (AvgIpc) is 2.90. The third kappa shape index (κ3) is 34.7. The van der Waals surface area contributed by atoms with Crippen LogP contribution in [0.2, 0.25) is 262 Å². The van der Waals surface area contributed by atoms with E-state index in [1.54, 1.807) is 0 Å². The second kappa shape index (κ2) is 26.6. The molecule has 1 aliphatic rings. The first-order valence-corrected chi connectivity index (χ1v) is 84.5. The van der Waals surface area contributed by atoms with Crippen molar-refractivity contribution in [3.63, 3.8) is 0 Å². The molecule has 0 amide bonds. The SMILES string of the molecule is C[Si]1(C)O[Si](C)(C)O[Si](C)(C)O[Si](C)(C)O[Si](C)(C)O[Si](C)(C)O[Si](C)(C)O[Si](C)(C)O[Si](C)(C)O[Si](C)(C)O[Si](C)(C)O[Si](C)(C)O[Si](C)(C)O[Si](C)(C)O[Si](C)(C)O[Si](C)(C)O[Si](C)(C)O[Si](C)(C)O[Si](C)(C)O[Si](C)(C)O1. The molecule has 0 atom stereocenters. The van der Waals surface area contributed by atoms with Gasteiger partial charge < -0.3 is 82.3 Å². The molecular weight excluding hydrogens is 1360 g/mol. The molecule has 1 fully saturated rings. The average molecular weight is 1480 g/mol. The van der Waals surface area contributed by atoms with Crippen molar-refractivity contribution in [2.24, 2.45) is 0 Å². The van der Waals surface area contributed by atoms with Gasteiger partial charge in [-0.25, -0.2) is 0 Å². The first-order chi connectivity index (χ1) is 34.1. The maximum absolute atomic E-state index is 6.94. The Kier molecular flexibility index (Phi) is 27.1. The Labute approximate surface area is 511 Å². The summed E-state index contributed by atoms with van der Waals surface area (Å²) in [5, 5.41) is 0. The van der Waals surface area contributed by atoms with Crippen LogP contribution in [0.1, 0.15) is 0 Å². The van der Waals surface area contributed by atoms with Crippen molar-refractivity contribution in [2.45, 2.75) is 262 Å². The van der Waals surface area contributed by atoms with Crippen molar-refractivity contribution in [2.75, 3.05) is 0 Å². The molecule has 0 bridgehead atoms. The molecule has 0 radical (unpaired) electrons. The maximum atomic E-state index is 6.94. The zero-order valence-corrected chi connectivity index (χ0v) is 78.2. The van der Waals surface area contributed by atoms with Crippen LogP contribution >= 0.6 is 0 Å². The highest BCUT2D eigenvalue weighted by molar-refractivity contribution is 6.97. The van der Waals surface area contributed by atoms with E-state index >= 15 is 0 Å². The molecule has 0 aromatic carbocycles. The Morgan fingerprint density at radius 3 is 0.125 bits per heavy atom. The van der Waals surface area contributed by atoms with Gasteiger partial charge in [-0.05, 0) is 262 Å². The van der Waals surface area contributed by atoms with Crippen LogP contribution in [0.5, 0.6) is 0 Å². The van der Waals surface area contributed by atoms with Gasteiger partial charge in [0, 0.05) is 0 Å². The van der Waals surface area contributed by atoms with Crippen LogP contribution in [0.3, 0.4) is 0 Å². The molecule has 0 N–H and O–H groups in total. The van der Waals surface area contributed by atoms with E-state index in [2.05, 4.69) is 262 Å².